The number of hydrogen-bond acceptors (Lipinski definition) is 5. The average Bonchev–Trinajstić information content (AvgIpc) is 2.75. The van der Waals surface area contributed by atoms with Gasteiger partial charge in [-0.1, -0.05) is 36.4 Å². The molecule has 1 aliphatic heterocycles. The van der Waals surface area contributed by atoms with Gasteiger partial charge in [-0.15, -0.1) is 0 Å². The molecule has 1 atom stereocenters. The first kappa shape index (κ1) is 17.6. The highest BCUT2D eigenvalue weighted by molar-refractivity contribution is 5.55. The summed E-state index contributed by atoms with van der Waals surface area (Å²) < 4.78 is 0. The van der Waals surface area contributed by atoms with Crippen LogP contribution in [0.15, 0.2) is 67.0 Å². The third-order valence-corrected chi connectivity index (χ3v) is 5.22. The van der Waals surface area contributed by atoms with Gasteiger partial charge in [0.15, 0.2) is 0 Å². The molecule has 1 N–H and O–H groups in total. The van der Waals surface area contributed by atoms with Crippen LogP contribution < -0.4 is 4.90 Å². The molecule has 0 aliphatic carbocycles. The van der Waals surface area contributed by atoms with Crippen molar-refractivity contribution in [3.8, 4) is 11.4 Å². The van der Waals surface area contributed by atoms with Crippen molar-refractivity contribution >= 4 is 5.95 Å². The van der Waals surface area contributed by atoms with Crippen LogP contribution in [-0.4, -0.2) is 39.3 Å². The molecule has 0 amide bonds. The molecule has 2 aromatic heterocycles. The van der Waals surface area contributed by atoms with Crippen molar-refractivity contribution in [3.05, 3.63) is 72.6 Å². The zero-order valence-electron chi connectivity index (χ0n) is 15.3. The van der Waals surface area contributed by atoms with Crippen molar-refractivity contribution in [2.75, 3.05) is 18.0 Å². The Morgan fingerprint density at radius 1 is 0.889 bits per heavy atom. The van der Waals surface area contributed by atoms with Gasteiger partial charge in [0.2, 0.25) is 5.95 Å². The summed E-state index contributed by atoms with van der Waals surface area (Å²) in [4.78, 5) is 15.7. The summed E-state index contributed by atoms with van der Waals surface area (Å²) in [5.74, 6) is 1.06. The fourth-order valence-electron chi connectivity index (χ4n) is 3.66. The normalized spacial score (nSPS) is 16.3. The number of piperidine rings is 1. The molecular weight excluding hydrogens is 336 g/mol. The lowest BCUT2D eigenvalue weighted by atomic mass is 9.88. The molecule has 4 rings (SSSR count). The van der Waals surface area contributed by atoms with Crippen molar-refractivity contribution < 1.29 is 5.11 Å². The van der Waals surface area contributed by atoms with E-state index in [4.69, 9.17) is 4.98 Å². The third-order valence-electron chi connectivity index (χ3n) is 5.22. The van der Waals surface area contributed by atoms with Crippen molar-refractivity contribution in [2.45, 2.75) is 25.4 Å². The molecule has 3 aromatic rings. The quantitative estimate of drug-likeness (QED) is 0.756. The molecule has 0 spiro atoms. The topological polar surface area (TPSA) is 62.1 Å². The highest BCUT2D eigenvalue weighted by Gasteiger charge is 2.26. The van der Waals surface area contributed by atoms with Gasteiger partial charge in [-0.25, -0.2) is 9.97 Å². The predicted octanol–water partition coefficient (Wildman–Crippen LogP) is 3.36. The molecule has 5 nitrogen and oxygen atoms in total. The first-order valence-corrected chi connectivity index (χ1v) is 9.51. The second kappa shape index (κ2) is 8.27. The van der Waals surface area contributed by atoms with Crippen LogP contribution in [0.1, 0.15) is 18.4 Å². The lowest BCUT2D eigenvalue weighted by molar-refractivity contribution is 0.0928. The molecule has 1 unspecified atom stereocenters. The summed E-state index contributed by atoms with van der Waals surface area (Å²) in [6.07, 6.45) is 5.89. The highest BCUT2D eigenvalue weighted by atomic mass is 16.3. The van der Waals surface area contributed by atoms with E-state index in [1.165, 1.54) is 5.56 Å². The number of rotatable bonds is 5. The maximum absolute atomic E-state index is 10.6. The Morgan fingerprint density at radius 3 is 2.41 bits per heavy atom. The molecule has 3 heterocycles. The SMILES string of the molecule is OC(Cc1ccccc1)C1CCN(c2nccc(-c3ccccn3)n2)CC1. The van der Waals surface area contributed by atoms with Crippen molar-refractivity contribution in [2.24, 2.45) is 5.92 Å². The highest BCUT2D eigenvalue weighted by Crippen LogP contribution is 2.26. The largest absolute Gasteiger partial charge is 0.392 e. The van der Waals surface area contributed by atoms with Crippen LogP contribution >= 0.6 is 0 Å². The fraction of sp³-hybridized carbons (Fsp3) is 0.318. The van der Waals surface area contributed by atoms with Crippen LogP contribution in [-0.2, 0) is 6.42 Å². The molecule has 1 aromatic carbocycles. The van der Waals surface area contributed by atoms with E-state index in [0.29, 0.717) is 5.92 Å². The second-order valence-corrected chi connectivity index (χ2v) is 7.04. The van der Waals surface area contributed by atoms with Gasteiger partial charge in [0.05, 0.1) is 17.5 Å². The molecule has 1 fully saturated rings. The monoisotopic (exact) mass is 360 g/mol. The Hall–Kier alpha value is -2.79. The summed E-state index contributed by atoms with van der Waals surface area (Å²) in [6.45, 7) is 1.73. The Morgan fingerprint density at radius 2 is 1.67 bits per heavy atom. The van der Waals surface area contributed by atoms with Gasteiger partial charge >= 0.3 is 0 Å². The van der Waals surface area contributed by atoms with Crippen LogP contribution in [0.3, 0.4) is 0 Å². The summed E-state index contributed by atoms with van der Waals surface area (Å²) >= 11 is 0. The van der Waals surface area contributed by atoms with Gasteiger partial charge in [0.1, 0.15) is 0 Å². The van der Waals surface area contributed by atoms with Gasteiger partial charge in [-0.05, 0) is 48.9 Å². The van der Waals surface area contributed by atoms with E-state index < -0.39 is 0 Å². The molecule has 0 saturated carbocycles. The van der Waals surface area contributed by atoms with Gasteiger partial charge in [-0.2, -0.15) is 0 Å². The maximum Gasteiger partial charge on any atom is 0.225 e. The minimum Gasteiger partial charge on any atom is -0.392 e. The van der Waals surface area contributed by atoms with Crippen LogP contribution in [0, 0.1) is 5.92 Å². The maximum atomic E-state index is 10.6. The number of aliphatic hydroxyl groups is 1. The van der Waals surface area contributed by atoms with E-state index in [9.17, 15) is 5.11 Å². The fourth-order valence-corrected chi connectivity index (χ4v) is 3.66. The Bertz CT molecular complexity index is 848. The summed E-state index contributed by atoms with van der Waals surface area (Å²) in [6, 6.07) is 17.9. The Balaban J connectivity index is 1.38. The first-order chi connectivity index (χ1) is 13.3. The summed E-state index contributed by atoms with van der Waals surface area (Å²) in [5.41, 5.74) is 2.89. The molecular formula is C22H24N4O. The number of aromatic nitrogens is 3. The molecule has 5 heteroatoms. The summed E-state index contributed by atoms with van der Waals surface area (Å²) in [5, 5.41) is 10.6. The average molecular weight is 360 g/mol. The molecule has 138 valence electrons. The number of hydrogen-bond donors (Lipinski definition) is 1. The van der Waals surface area contributed by atoms with E-state index in [1.807, 2.05) is 42.5 Å². The molecule has 27 heavy (non-hydrogen) atoms. The molecule has 1 aliphatic rings. The third kappa shape index (κ3) is 4.31. The van der Waals surface area contributed by atoms with E-state index >= 15 is 0 Å². The van der Waals surface area contributed by atoms with E-state index in [0.717, 1.165) is 49.7 Å². The molecule has 0 bridgehead atoms. The standard InChI is InChI=1S/C22H24N4O/c27-21(16-17-6-2-1-3-7-17)18-10-14-26(15-11-18)22-24-13-9-20(25-22)19-8-4-5-12-23-19/h1-9,12-13,18,21,27H,10-11,14-16H2. The zero-order chi connectivity index (χ0) is 18.5. The van der Waals surface area contributed by atoms with Crippen LogP contribution in [0.4, 0.5) is 5.95 Å². The Labute approximate surface area is 159 Å². The van der Waals surface area contributed by atoms with E-state index in [-0.39, 0.29) is 6.10 Å². The number of anilines is 1. The number of pyridine rings is 1. The number of aliphatic hydroxyl groups excluding tert-OH is 1. The van der Waals surface area contributed by atoms with Crippen LogP contribution in [0.25, 0.3) is 11.4 Å². The Kier molecular flexibility index (Phi) is 5.39. The summed E-state index contributed by atoms with van der Waals surface area (Å²) in [7, 11) is 0. The van der Waals surface area contributed by atoms with Crippen molar-refractivity contribution in [1.29, 1.82) is 0 Å². The number of benzene rings is 1. The van der Waals surface area contributed by atoms with Crippen LogP contribution in [0.5, 0.6) is 0 Å². The van der Waals surface area contributed by atoms with E-state index in [2.05, 4.69) is 27.0 Å². The van der Waals surface area contributed by atoms with Gasteiger partial charge < -0.3 is 10.0 Å². The van der Waals surface area contributed by atoms with Crippen molar-refractivity contribution in [1.82, 2.24) is 15.0 Å². The van der Waals surface area contributed by atoms with Gasteiger partial charge in [-0.3, -0.25) is 4.98 Å². The smallest absolute Gasteiger partial charge is 0.225 e. The predicted molar refractivity (Wildman–Crippen MR) is 106 cm³/mol. The van der Waals surface area contributed by atoms with Crippen molar-refractivity contribution in [3.63, 3.8) is 0 Å². The first-order valence-electron chi connectivity index (χ1n) is 9.51. The lowest BCUT2D eigenvalue weighted by Gasteiger charge is -2.34. The lowest BCUT2D eigenvalue weighted by Crippen LogP contribution is -2.39. The minimum absolute atomic E-state index is 0.296. The van der Waals surface area contributed by atoms with E-state index in [1.54, 1.807) is 12.4 Å². The molecule has 1 saturated heterocycles. The van der Waals surface area contributed by atoms with Crippen LogP contribution in [0.2, 0.25) is 0 Å². The van der Waals surface area contributed by atoms with Gasteiger partial charge in [0.25, 0.3) is 0 Å². The minimum atomic E-state index is -0.296. The number of nitrogens with zero attached hydrogens (tertiary/aromatic N) is 4. The van der Waals surface area contributed by atoms with Gasteiger partial charge in [0, 0.05) is 25.5 Å². The second-order valence-electron chi connectivity index (χ2n) is 7.04. The zero-order valence-corrected chi connectivity index (χ0v) is 15.3. The molecule has 0 radical (unpaired) electrons.